The fourth-order valence-electron chi connectivity index (χ4n) is 1.14. The number of aliphatic hydroxyl groups is 1. The Labute approximate surface area is 74.0 Å². The molecule has 70 valence electrons. The fourth-order valence-corrected chi connectivity index (χ4v) is 1.14. The van der Waals surface area contributed by atoms with Crippen LogP contribution in [0.1, 0.15) is 40.0 Å². The highest BCUT2D eigenvalue weighted by molar-refractivity contribution is 5.84. The normalized spacial score (nSPS) is 20.7. The van der Waals surface area contributed by atoms with Crippen molar-refractivity contribution < 1.29 is 9.90 Å². The Morgan fingerprint density at radius 1 is 1.50 bits per heavy atom. The SMILES string of the molecule is CC(C)(C)C(=O)C[C@@H](O)C1CC1. The first-order chi connectivity index (χ1) is 5.41. The average Bonchev–Trinajstić information content (AvgIpc) is 2.65. The van der Waals surface area contributed by atoms with E-state index in [1.807, 2.05) is 20.8 Å². The molecule has 2 nitrogen and oxygen atoms in total. The van der Waals surface area contributed by atoms with E-state index in [0.717, 1.165) is 12.8 Å². The molecule has 0 unspecified atom stereocenters. The molecule has 0 bridgehead atoms. The van der Waals surface area contributed by atoms with Crippen LogP contribution in [-0.4, -0.2) is 17.0 Å². The molecule has 0 spiro atoms. The molecule has 0 aromatic rings. The van der Waals surface area contributed by atoms with E-state index in [2.05, 4.69) is 0 Å². The molecule has 1 rings (SSSR count). The van der Waals surface area contributed by atoms with Gasteiger partial charge in [-0.2, -0.15) is 0 Å². The second-order valence-electron chi connectivity index (χ2n) is 4.78. The van der Waals surface area contributed by atoms with Gasteiger partial charge in [0.2, 0.25) is 0 Å². The summed E-state index contributed by atoms with van der Waals surface area (Å²) in [5.41, 5.74) is -0.296. The molecule has 0 amide bonds. The lowest BCUT2D eigenvalue weighted by Crippen LogP contribution is -2.25. The second-order valence-corrected chi connectivity index (χ2v) is 4.78. The number of carbonyl (C=O) groups is 1. The van der Waals surface area contributed by atoms with Gasteiger partial charge in [-0.05, 0) is 18.8 Å². The zero-order valence-corrected chi connectivity index (χ0v) is 8.13. The summed E-state index contributed by atoms with van der Waals surface area (Å²) in [5, 5.41) is 9.50. The largest absolute Gasteiger partial charge is 0.392 e. The minimum atomic E-state index is -0.378. The summed E-state index contributed by atoms with van der Waals surface area (Å²) >= 11 is 0. The summed E-state index contributed by atoms with van der Waals surface area (Å²) < 4.78 is 0. The van der Waals surface area contributed by atoms with Gasteiger partial charge in [0.1, 0.15) is 5.78 Å². The van der Waals surface area contributed by atoms with Gasteiger partial charge in [0.05, 0.1) is 6.10 Å². The highest BCUT2D eigenvalue weighted by Gasteiger charge is 2.33. The van der Waals surface area contributed by atoms with Gasteiger partial charge in [0, 0.05) is 11.8 Å². The molecule has 0 saturated heterocycles. The highest BCUT2D eigenvalue weighted by Crippen LogP contribution is 2.35. The van der Waals surface area contributed by atoms with Crippen molar-refractivity contribution in [3.8, 4) is 0 Å². The van der Waals surface area contributed by atoms with Crippen LogP contribution in [0.15, 0.2) is 0 Å². The molecule has 1 fully saturated rings. The van der Waals surface area contributed by atoms with Gasteiger partial charge in [-0.15, -0.1) is 0 Å². The number of Topliss-reactive ketones (excluding diaryl/α,β-unsaturated/α-hetero) is 1. The van der Waals surface area contributed by atoms with Crippen molar-refractivity contribution in [2.45, 2.75) is 46.1 Å². The van der Waals surface area contributed by atoms with Crippen molar-refractivity contribution in [1.29, 1.82) is 0 Å². The number of ketones is 1. The maximum absolute atomic E-state index is 11.4. The quantitative estimate of drug-likeness (QED) is 0.700. The maximum Gasteiger partial charge on any atom is 0.140 e. The average molecular weight is 170 g/mol. The van der Waals surface area contributed by atoms with E-state index in [-0.39, 0.29) is 17.3 Å². The van der Waals surface area contributed by atoms with Crippen molar-refractivity contribution in [2.75, 3.05) is 0 Å². The molecule has 1 aliphatic carbocycles. The first-order valence-corrected chi connectivity index (χ1v) is 4.62. The highest BCUT2D eigenvalue weighted by atomic mass is 16.3. The molecule has 0 radical (unpaired) electrons. The molecule has 0 aromatic carbocycles. The molecule has 0 heterocycles. The van der Waals surface area contributed by atoms with Crippen LogP contribution in [0.25, 0.3) is 0 Å². The molecule has 1 saturated carbocycles. The van der Waals surface area contributed by atoms with Crippen LogP contribution in [0, 0.1) is 11.3 Å². The predicted octanol–water partition coefficient (Wildman–Crippen LogP) is 1.76. The summed E-state index contributed by atoms with van der Waals surface area (Å²) in [6.07, 6.45) is 2.16. The number of aliphatic hydroxyl groups excluding tert-OH is 1. The van der Waals surface area contributed by atoms with Gasteiger partial charge in [0.25, 0.3) is 0 Å². The summed E-state index contributed by atoms with van der Waals surface area (Å²) in [6, 6.07) is 0. The van der Waals surface area contributed by atoms with E-state index < -0.39 is 0 Å². The molecule has 0 aliphatic heterocycles. The van der Waals surface area contributed by atoms with Crippen LogP contribution < -0.4 is 0 Å². The molecule has 1 atom stereocenters. The third-order valence-electron chi connectivity index (χ3n) is 2.40. The zero-order chi connectivity index (χ0) is 9.35. The summed E-state index contributed by atoms with van der Waals surface area (Å²) in [4.78, 5) is 11.4. The van der Waals surface area contributed by atoms with Crippen LogP contribution in [0.3, 0.4) is 0 Å². The first-order valence-electron chi connectivity index (χ1n) is 4.62. The minimum Gasteiger partial charge on any atom is -0.392 e. The first kappa shape index (κ1) is 9.72. The second kappa shape index (κ2) is 3.17. The van der Waals surface area contributed by atoms with Crippen LogP contribution >= 0.6 is 0 Å². The van der Waals surface area contributed by atoms with E-state index >= 15 is 0 Å². The van der Waals surface area contributed by atoms with Gasteiger partial charge in [-0.1, -0.05) is 20.8 Å². The van der Waals surface area contributed by atoms with Gasteiger partial charge in [-0.25, -0.2) is 0 Å². The molecule has 12 heavy (non-hydrogen) atoms. The lowest BCUT2D eigenvalue weighted by Gasteiger charge is -2.18. The smallest absolute Gasteiger partial charge is 0.140 e. The van der Waals surface area contributed by atoms with Crippen LogP contribution in [-0.2, 0) is 4.79 Å². The van der Waals surface area contributed by atoms with Crippen LogP contribution in [0.4, 0.5) is 0 Å². The van der Waals surface area contributed by atoms with Gasteiger partial charge in [0.15, 0.2) is 0 Å². The van der Waals surface area contributed by atoms with Crippen molar-refractivity contribution in [2.24, 2.45) is 11.3 Å². The Bertz CT molecular complexity index is 175. The minimum absolute atomic E-state index is 0.168. The molecule has 2 heteroatoms. The van der Waals surface area contributed by atoms with Crippen LogP contribution in [0.5, 0.6) is 0 Å². The van der Waals surface area contributed by atoms with Gasteiger partial charge >= 0.3 is 0 Å². The lowest BCUT2D eigenvalue weighted by molar-refractivity contribution is -0.128. The van der Waals surface area contributed by atoms with Crippen molar-refractivity contribution >= 4 is 5.78 Å². The Morgan fingerprint density at radius 3 is 2.33 bits per heavy atom. The number of rotatable bonds is 3. The molecular formula is C10H18O2. The lowest BCUT2D eigenvalue weighted by atomic mass is 9.87. The zero-order valence-electron chi connectivity index (χ0n) is 8.13. The van der Waals surface area contributed by atoms with Crippen LogP contribution in [0.2, 0.25) is 0 Å². The van der Waals surface area contributed by atoms with Gasteiger partial charge < -0.3 is 5.11 Å². The van der Waals surface area contributed by atoms with E-state index in [1.54, 1.807) is 0 Å². The van der Waals surface area contributed by atoms with Crippen molar-refractivity contribution in [3.63, 3.8) is 0 Å². The van der Waals surface area contributed by atoms with Crippen molar-refractivity contribution in [1.82, 2.24) is 0 Å². The number of hydrogen-bond acceptors (Lipinski definition) is 2. The summed E-state index contributed by atoms with van der Waals surface area (Å²) in [7, 11) is 0. The van der Waals surface area contributed by atoms with E-state index in [4.69, 9.17) is 0 Å². The summed E-state index contributed by atoms with van der Waals surface area (Å²) in [6.45, 7) is 5.69. The fraction of sp³-hybridized carbons (Fsp3) is 0.900. The van der Waals surface area contributed by atoms with E-state index in [9.17, 15) is 9.90 Å². The summed E-state index contributed by atoms with van der Waals surface area (Å²) in [5.74, 6) is 0.582. The van der Waals surface area contributed by atoms with Crippen molar-refractivity contribution in [3.05, 3.63) is 0 Å². The topological polar surface area (TPSA) is 37.3 Å². The number of hydrogen-bond donors (Lipinski definition) is 1. The van der Waals surface area contributed by atoms with Gasteiger partial charge in [-0.3, -0.25) is 4.79 Å². The Morgan fingerprint density at radius 2 is 2.00 bits per heavy atom. The monoisotopic (exact) mass is 170 g/mol. The standard InChI is InChI=1S/C10H18O2/c1-10(2,3)9(12)6-8(11)7-4-5-7/h7-8,11H,4-6H2,1-3H3/t8-/m1/s1. The Hall–Kier alpha value is -0.370. The predicted molar refractivity (Wildman–Crippen MR) is 47.8 cm³/mol. The van der Waals surface area contributed by atoms with E-state index in [0.29, 0.717) is 12.3 Å². The maximum atomic E-state index is 11.4. The molecule has 1 N–H and O–H groups in total. The third kappa shape index (κ3) is 2.59. The van der Waals surface area contributed by atoms with E-state index in [1.165, 1.54) is 0 Å². The Balaban J connectivity index is 2.34. The molecule has 0 aromatic heterocycles. The molecule has 1 aliphatic rings. The number of carbonyl (C=O) groups excluding carboxylic acids is 1. The third-order valence-corrected chi connectivity index (χ3v) is 2.40. The molecular weight excluding hydrogens is 152 g/mol. The Kier molecular flexibility index (Phi) is 2.57.